The lowest BCUT2D eigenvalue weighted by atomic mass is 10.1. The van der Waals surface area contributed by atoms with Gasteiger partial charge in [0.2, 0.25) is 0 Å². The molecule has 134 valence electrons. The Bertz CT molecular complexity index is 886. The summed E-state index contributed by atoms with van der Waals surface area (Å²) in [6.45, 7) is 0.295. The van der Waals surface area contributed by atoms with E-state index in [1.807, 2.05) is 0 Å². The largest absolute Gasteiger partial charge is 0.439 e. The fraction of sp³-hybridized carbons (Fsp3) is 0.118. The van der Waals surface area contributed by atoms with Gasteiger partial charge in [0.15, 0.2) is 0 Å². The number of carbonyl (C=O) groups is 1. The number of benzene rings is 2. The van der Waals surface area contributed by atoms with Crippen molar-refractivity contribution in [1.29, 1.82) is 0 Å². The van der Waals surface area contributed by atoms with Gasteiger partial charge in [0.1, 0.15) is 18.8 Å². The van der Waals surface area contributed by atoms with Crippen molar-refractivity contribution in [3.63, 3.8) is 0 Å². The minimum atomic E-state index is -0.658. The first-order chi connectivity index (χ1) is 12.5. The fourth-order valence-corrected chi connectivity index (χ4v) is 2.83. The van der Waals surface area contributed by atoms with Crippen molar-refractivity contribution in [3.8, 4) is 0 Å². The van der Waals surface area contributed by atoms with Crippen LogP contribution in [-0.2, 0) is 11.3 Å². The first-order valence-corrected chi connectivity index (χ1v) is 8.65. The third kappa shape index (κ3) is 4.88. The third-order valence-electron chi connectivity index (χ3n) is 3.48. The monoisotopic (exact) mass is 410 g/mol. The van der Waals surface area contributed by atoms with Gasteiger partial charge in [0.05, 0.1) is 17.3 Å². The number of halogens is 3. The van der Waals surface area contributed by atoms with E-state index in [9.17, 15) is 4.79 Å². The van der Waals surface area contributed by atoms with Gasteiger partial charge in [-0.3, -0.25) is 5.32 Å². The molecule has 2 aromatic carbocycles. The standard InChI is InChI=1S/C17H13Cl3N4O2/c18-12-3-1-11(2-4-12)16(8-24-10-21-9-22-24)26-17(25)23-15-6-5-13(19)7-14(15)20/h1-7,9-10,16H,8H2,(H,23,25). The van der Waals surface area contributed by atoms with E-state index < -0.39 is 12.2 Å². The van der Waals surface area contributed by atoms with Gasteiger partial charge in [-0.25, -0.2) is 14.5 Å². The third-order valence-corrected chi connectivity index (χ3v) is 4.28. The molecule has 1 atom stereocenters. The first kappa shape index (κ1) is 18.5. The number of ether oxygens (including phenoxy) is 1. The molecule has 0 aliphatic heterocycles. The molecule has 0 fully saturated rings. The molecule has 3 rings (SSSR count). The summed E-state index contributed by atoms with van der Waals surface area (Å²) in [4.78, 5) is 16.2. The molecule has 0 aliphatic rings. The number of amides is 1. The number of carbonyl (C=O) groups excluding carboxylic acids is 1. The maximum Gasteiger partial charge on any atom is 0.412 e. The molecule has 26 heavy (non-hydrogen) atoms. The second-order valence-electron chi connectivity index (χ2n) is 5.31. The van der Waals surface area contributed by atoms with E-state index in [0.717, 1.165) is 5.56 Å². The van der Waals surface area contributed by atoms with E-state index in [-0.39, 0.29) is 0 Å². The van der Waals surface area contributed by atoms with Crippen LogP contribution in [0, 0.1) is 0 Å². The number of hydrogen-bond acceptors (Lipinski definition) is 4. The Hall–Kier alpha value is -2.28. The Morgan fingerprint density at radius 1 is 1.12 bits per heavy atom. The summed E-state index contributed by atoms with van der Waals surface area (Å²) < 4.78 is 7.14. The van der Waals surface area contributed by atoms with Crippen LogP contribution in [0.4, 0.5) is 10.5 Å². The van der Waals surface area contributed by atoms with Crippen LogP contribution in [0.1, 0.15) is 11.7 Å². The second-order valence-corrected chi connectivity index (χ2v) is 6.59. The minimum Gasteiger partial charge on any atom is -0.439 e. The van der Waals surface area contributed by atoms with Crippen LogP contribution in [0.5, 0.6) is 0 Å². The van der Waals surface area contributed by atoms with Crippen molar-refractivity contribution in [1.82, 2.24) is 14.8 Å². The van der Waals surface area contributed by atoms with E-state index in [1.54, 1.807) is 47.4 Å². The lowest BCUT2D eigenvalue weighted by Gasteiger charge is -2.19. The number of aromatic nitrogens is 3. The van der Waals surface area contributed by atoms with Crippen molar-refractivity contribution < 1.29 is 9.53 Å². The van der Waals surface area contributed by atoms with Crippen LogP contribution < -0.4 is 5.32 Å². The molecular formula is C17H13Cl3N4O2. The highest BCUT2D eigenvalue weighted by molar-refractivity contribution is 6.36. The summed E-state index contributed by atoms with van der Waals surface area (Å²) in [6.07, 6.45) is 1.70. The Morgan fingerprint density at radius 3 is 2.50 bits per heavy atom. The molecule has 9 heteroatoms. The molecule has 3 aromatic rings. The number of nitrogens with zero attached hydrogens (tertiary/aromatic N) is 3. The van der Waals surface area contributed by atoms with E-state index in [1.165, 1.54) is 12.4 Å². The summed E-state index contributed by atoms with van der Waals surface area (Å²) in [7, 11) is 0. The Morgan fingerprint density at radius 2 is 1.85 bits per heavy atom. The summed E-state index contributed by atoms with van der Waals surface area (Å²) in [6, 6.07) is 11.8. The maximum absolute atomic E-state index is 12.3. The van der Waals surface area contributed by atoms with E-state index in [4.69, 9.17) is 39.5 Å². The highest BCUT2D eigenvalue weighted by Crippen LogP contribution is 2.27. The number of anilines is 1. The molecule has 0 spiro atoms. The average molecular weight is 412 g/mol. The van der Waals surface area contributed by atoms with Gasteiger partial charge in [0, 0.05) is 10.0 Å². The Kier molecular flexibility index (Phi) is 5.98. The van der Waals surface area contributed by atoms with Crippen molar-refractivity contribution in [3.05, 3.63) is 75.8 Å². The lowest BCUT2D eigenvalue weighted by Crippen LogP contribution is -2.21. The van der Waals surface area contributed by atoms with Crippen molar-refractivity contribution >= 4 is 46.6 Å². The predicted molar refractivity (Wildman–Crippen MR) is 101 cm³/mol. The summed E-state index contributed by atoms with van der Waals surface area (Å²) in [5.74, 6) is 0. The van der Waals surface area contributed by atoms with Gasteiger partial charge in [-0.2, -0.15) is 5.10 Å². The van der Waals surface area contributed by atoms with Crippen LogP contribution >= 0.6 is 34.8 Å². The molecule has 0 bridgehead atoms. The zero-order chi connectivity index (χ0) is 18.5. The molecule has 0 saturated carbocycles. The van der Waals surface area contributed by atoms with Crippen molar-refractivity contribution in [2.24, 2.45) is 0 Å². The lowest BCUT2D eigenvalue weighted by molar-refractivity contribution is 0.0973. The molecule has 0 radical (unpaired) electrons. The summed E-state index contributed by atoms with van der Waals surface area (Å²) in [5.41, 5.74) is 1.17. The van der Waals surface area contributed by atoms with Gasteiger partial charge in [0.25, 0.3) is 0 Å². The topological polar surface area (TPSA) is 69.0 Å². The molecular weight excluding hydrogens is 399 g/mol. The quantitative estimate of drug-likeness (QED) is 0.624. The number of nitrogens with one attached hydrogen (secondary N) is 1. The Balaban J connectivity index is 1.75. The molecule has 1 aromatic heterocycles. The highest BCUT2D eigenvalue weighted by atomic mass is 35.5. The van der Waals surface area contributed by atoms with E-state index in [0.29, 0.717) is 27.3 Å². The first-order valence-electron chi connectivity index (χ1n) is 7.52. The van der Waals surface area contributed by atoms with Crippen molar-refractivity contribution in [2.75, 3.05) is 5.32 Å². The van der Waals surface area contributed by atoms with Gasteiger partial charge in [-0.05, 0) is 35.9 Å². The SMILES string of the molecule is O=C(Nc1ccc(Cl)cc1Cl)OC(Cn1cncn1)c1ccc(Cl)cc1. The molecule has 0 saturated heterocycles. The second kappa shape index (κ2) is 8.40. The average Bonchev–Trinajstić information content (AvgIpc) is 3.11. The molecule has 1 unspecified atom stereocenters. The van der Waals surface area contributed by atoms with Gasteiger partial charge >= 0.3 is 6.09 Å². The molecule has 1 amide bonds. The highest BCUT2D eigenvalue weighted by Gasteiger charge is 2.19. The van der Waals surface area contributed by atoms with E-state index in [2.05, 4.69) is 15.4 Å². The van der Waals surface area contributed by atoms with Crippen LogP contribution in [0.3, 0.4) is 0 Å². The summed E-state index contributed by atoms with van der Waals surface area (Å²) >= 11 is 17.9. The number of rotatable bonds is 5. The van der Waals surface area contributed by atoms with Gasteiger partial charge in [-0.1, -0.05) is 46.9 Å². The molecule has 1 N–H and O–H groups in total. The molecule has 6 nitrogen and oxygen atoms in total. The molecule has 1 heterocycles. The maximum atomic E-state index is 12.3. The normalized spacial score (nSPS) is 11.8. The molecule has 0 aliphatic carbocycles. The van der Waals surface area contributed by atoms with Gasteiger partial charge in [-0.15, -0.1) is 0 Å². The Labute approximate surface area is 164 Å². The van der Waals surface area contributed by atoms with Gasteiger partial charge < -0.3 is 4.74 Å². The zero-order valence-corrected chi connectivity index (χ0v) is 15.5. The van der Waals surface area contributed by atoms with Crippen LogP contribution in [0.2, 0.25) is 15.1 Å². The van der Waals surface area contributed by atoms with Crippen LogP contribution in [0.15, 0.2) is 55.1 Å². The van der Waals surface area contributed by atoms with Crippen LogP contribution in [0.25, 0.3) is 0 Å². The zero-order valence-electron chi connectivity index (χ0n) is 13.3. The predicted octanol–water partition coefficient (Wildman–Crippen LogP) is 5.23. The summed E-state index contributed by atoms with van der Waals surface area (Å²) in [5, 5.41) is 8.03. The van der Waals surface area contributed by atoms with E-state index >= 15 is 0 Å². The van der Waals surface area contributed by atoms with Crippen LogP contribution in [-0.4, -0.2) is 20.9 Å². The smallest absolute Gasteiger partial charge is 0.412 e. The number of hydrogen-bond donors (Lipinski definition) is 1. The minimum absolute atomic E-state index is 0.295. The van der Waals surface area contributed by atoms with Crippen molar-refractivity contribution in [2.45, 2.75) is 12.6 Å². The fourth-order valence-electron chi connectivity index (χ4n) is 2.24.